The molecule has 0 fully saturated rings. The molecule has 1 rings (SSSR count). The molecule has 0 aliphatic heterocycles. The zero-order valence-electron chi connectivity index (χ0n) is 9.19. The highest BCUT2D eigenvalue weighted by atomic mass is 35.5. The Kier molecular flexibility index (Phi) is 6.42. The molecule has 1 atom stereocenters. The van der Waals surface area contributed by atoms with Crippen LogP contribution in [0.2, 0.25) is 5.02 Å². The number of hydrogen-bond acceptors (Lipinski definition) is 3. The van der Waals surface area contributed by atoms with Gasteiger partial charge in [-0.1, -0.05) is 23.7 Å². The summed E-state index contributed by atoms with van der Waals surface area (Å²) >= 11 is 5.78. The summed E-state index contributed by atoms with van der Waals surface area (Å²) in [5.41, 5.74) is 1.21. The maximum Gasteiger partial charge on any atom is 0.0585 e. The second kappa shape index (κ2) is 7.63. The molecule has 0 saturated carbocycles. The van der Waals surface area contributed by atoms with Crippen LogP contribution in [0.15, 0.2) is 24.3 Å². The summed E-state index contributed by atoms with van der Waals surface area (Å²) in [5.74, 6) is 0. The molecule has 0 radical (unpaired) electrons. The molecule has 0 spiro atoms. The number of benzene rings is 1. The highest BCUT2D eigenvalue weighted by molar-refractivity contribution is 6.30. The van der Waals surface area contributed by atoms with Crippen LogP contribution in [0.4, 0.5) is 0 Å². The van der Waals surface area contributed by atoms with Crippen LogP contribution in [0.1, 0.15) is 12.0 Å². The molecule has 0 heterocycles. The Hall–Kier alpha value is -0.610. The molecule has 1 aromatic rings. The van der Waals surface area contributed by atoms with E-state index in [0.717, 1.165) is 18.0 Å². The molecule has 0 aromatic heterocycles. The molecule has 0 amide bonds. The van der Waals surface area contributed by atoms with Crippen molar-refractivity contribution in [3.63, 3.8) is 0 Å². The van der Waals surface area contributed by atoms with E-state index in [1.807, 2.05) is 24.3 Å². The average molecular weight is 244 g/mol. The predicted octanol–water partition coefficient (Wildman–Crippen LogP) is 1.22. The standard InChI is InChI=1S/C12H18ClNO2/c13-11-3-1-10(2-4-11)5-7-14-12(9-16)6-8-15/h1-4,12,14-16H,5-9H2. The minimum absolute atomic E-state index is 0.0164. The quantitative estimate of drug-likeness (QED) is 0.675. The van der Waals surface area contributed by atoms with E-state index >= 15 is 0 Å². The van der Waals surface area contributed by atoms with Crippen molar-refractivity contribution >= 4 is 11.6 Å². The molecule has 3 nitrogen and oxygen atoms in total. The summed E-state index contributed by atoms with van der Waals surface area (Å²) in [7, 11) is 0. The summed E-state index contributed by atoms with van der Waals surface area (Å²) < 4.78 is 0. The van der Waals surface area contributed by atoms with Crippen LogP contribution in [0.3, 0.4) is 0 Å². The van der Waals surface area contributed by atoms with Gasteiger partial charge in [-0.15, -0.1) is 0 Å². The van der Waals surface area contributed by atoms with Gasteiger partial charge in [0.1, 0.15) is 0 Å². The molecule has 1 unspecified atom stereocenters. The van der Waals surface area contributed by atoms with E-state index in [2.05, 4.69) is 5.32 Å². The highest BCUT2D eigenvalue weighted by Crippen LogP contribution is 2.09. The van der Waals surface area contributed by atoms with E-state index < -0.39 is 0 Å². The number of halogens is 1. The van der Waals surface area contributed by atoms with Gasteiger partial charge in [0, 0.05) is 17.7 Å². The maximum atomic E-state index is 9.00. The lowest BCUT2D eigenvalue weighted by Crippen LogP contribution is -2.34. The first kappa shape index (κ1) is 13.5. The third kappa shape index (κ3) is 4.94. The van der Waals surface area contributed by atoms with Crippen molar-refractivity contribution in [1.82, 2.24) is 5.32 Å². The molecular weight excluding hydrogens is 226 g/mol. The molecule has 90 valence electrons. The number of aliphatic hydroxyl groups excluding tert-OH is 2. The Labute approximate surface area is 101 Å². The minimum Gasteiger partial charge on any atom is -0.396 e. The van der Waals surface area contributed by atoms with E-state index in [4.69, 9.17) is 21.8 Å². The Morgan fingerprint density at radius 2 is 1.88 bits per heavy atom. The van der Waals surface area contributed by atoms with Crippen molar-refractivity contribution in [2.45, 2.75) is 18.9 Å². The largest absolute Gasteiger partial charge is 0.396 e. The molecule has 1 aromatic carbocycles. The highest BCUT2D eigenvalue weighted by Gasteiger charge is 2.04. The van der Waals surface area contributed by atoms with Crippen LogP contribution >= 0.6 is 11.6 Å². The molecule has 3 N–H and O–H groups in total. The van der Waals surface area contributed by atoms with E-state index in [9.17, 15) is 0 Å². The topological polar surface area (TPSA) is 52.5 Å². The molecule has 4 heteroatoms. The van der Waals surface area contributed by atoms with Gasteiger partial charge in [-0.05, 0) is 37.1 Å². The van der Waals surface area contributed by atoms with Gasteiger partial charge in [-0.2, -0.15) is 0 Å². The van der Waals surface area contributed by atoms with Crippen LogP contribution in [0.5, 0.6) is 0 Å². The van der Waals surface area contributed by atoms with Gasteiger partial charge < -0.3 is 15.5 Å². The monoisotopic (exact) mass is 243 g/mol. The average Bonchev–Trinajstić information content (AvgIpc) is 2.30. The first-order valence-corrected chi connectivity index (χ1v) is 5.83. The Morgan fingerprint density at radius 1 is 1.19 bits per heavy atom. The molecular formula is C12H18ClNO2. The van der Waals surface area contributed by atoms with Crippen molar-refractivity contribution < 1.29 is 10.2 Å². The number of aliphatic hydroxyl groups is 2. The third-order valence-electron chi connectivity index (χ3n) is 2.46. The smallest absolute Gasteiger partial charge is 0.0585 e. The maximum absolute atomic E-state index is 9.00. The van der Waals surface area contributed by atoms with Gasteiger partial charge >= 0.3 is 0 Å². The van der Waals surface area contributed by atoms with E-state index in [1.54, 1.807) is 0 Å². The van der Waals surface area contributed by atoms with Gasteiger partial charge in [0.05, 0.1) is 6.61 Å². The second-order valence-corrected chi connectivity index (χ2v) is 4.16. The van der Waals surface area contributed by atoms with Crippen LogP contribution in [0.25, 0.3) is 0 Å². The fourth-order valence-electron chi connectivity index (χ4n) is 1.49. The number of nitrogens with one attached hydrogen (secondary N) is 1. The van der Waals surface area contributed by atoms with Crippen molar-refractivity contribution in [2.75, 3.05) is 19.8 Å². The van der Waals surface area contributed by atoms with E-state index in [-0.39, 0.29) is 19.3 Å². The van der Waals surface area contributed by atoms with Gasteiger partial charge in [-0.25, -0.2) is 0 Å². The lowest BCUT2D eigenvalue weighted by Gasteiger charge is -2.14. The van der Waals surface area contributed by atoms with Crippen LogP contribution < -0.4 is 5.32 Å². The van der Waals surface area contributed by atoms with E-state index in [0.29, 0.717) is 6.42 Å². The third-order valence-corrected chi connectivity index (χ3v) is 2.71. The van der Waals surface area contributed by atoms with Crippen molar-refractivity contribution in [3.8, 4) is 0 Å². The fourth-order valence-corrected chi connectivity index (χ4v) is 1.61. The van der Waals surface area contributed by atoms with Gasteiger partial charge in [0.2, 0.25) is 0 Å². The number of hydrogen-bond donors (Lipinski definition) is 3. The van der Waals surface area contributed by atoms with Crippen LogP contribution in [-0.4, -0.2) is 36.0 Å². The SMILES string of the molecule is OCCC(CO)NCCc1ccc(Cl)cc1. The number of rotatable bonds is 7. The summed E-state index contributed by atoms with van der Waals surface area (Å²) in [4.78, 5) is 0. The molecule has 16 heavy (non-hydrogen) atoms. The van der Waals surface area contributed by atoms with Crippen LogP contribution in [0, 0.1) is 0 Å². The zero-order valence-corrected chi connectivity index (χ0v) is 9.95. The predicted molar refractivity (Wildman–Crippen MR) is 65.7 cm³/mol. The Balaban J connectivity index is 2.26. The molecule has 0 aliphatic rings. The summed E-state index contributed by atoms with van der Waals surface area (Å²) in [6.07, 6.45) is 1.47. The van der Waals surface area contributed by atoms with E-state index in [1.165, 1.54) is 5.56 Å². The summed E-state index contributed by atoms with van der Waals surface area (Å²) in [5, 5.41) is 21.7. The van der Waals surface area contributed by atoms with Gasteiger partial charge in [-0.3, -0.25) is 0 Å². The van der Waals surface area contributed by atoms with Crippen molar-refractivity contribution in [1.29, 1.82) is 0 Å². The lowest BCUT2D eigenvalue weighted by atomic mass is 10.1. The summed E-state index contributed by atoms with van der Waals surface area (Å²) in [6, 6.07) is 7.70. The van der Waals surface area contributed by atoms with Gasteiger partial charge in [0.25, 0.3) is 0 Å². The van der Waals surface area contributed by atoms with Crippen molar-refractivity contribution in [2.24, 2.45) is 0 Å². The molecule has 0 bridgehead atoms. The first-order valence-electron chi connectivity index (χ1n) is 5.46. The molecule has 0 saturated heterocycles. The van der Waals surface area contributed by atoms with Crippen molar-refractivity contribution in [3.05, 3.63) is 34.9 Å². The Morgan fingerprint density at radius 3 is 2.44 bits per heavy atom. The van der Waals surface area contributed by atoms with Gasteiger partial charge in [0.15, 0.2) is 0 Å². The Bertz CT molecular complexity index is 290. The fraction of sp³-hybridized carbons (Fsp3) is 0.500. The van der Waals surface area contributed by atoms with Crippen LogP contribution in [-0.2, 0) is 6.42 Å². The normalized spacial score (nSPS) is 12.7. The minimum atomic E-state index is -0.0164. The molecule has 0 aliphatic carbocycles. The second-order valence-electron chi connectivity index (χ2n) is 3.72. The zero-order chi connectivity index (χ0) is 11.8. The summed E-state index contributed by atoms with van der Waals surface area (Å²) in [6.45, 7) is 0.938. The lowest BCUT2D eigenvalue weighted by molar-refractivity contribution is 0.201. The first-order chi connectivity index (χ1) is 7.76.